The Morgan fingerprint density at radius 3 is 2.44 bits per heavy atom. The van der Waals surface area contributed by atoms with E-state index in [2.05, 4.69) is 47.6 Å². The molecule has 3 fully saturated rings. The van der Waals surface area contributed by atoms with Crippen molar-refractivity contribution in [2.45, 2.75) is 131 Å². The second-order valence-corrected chi connectivity index (χ2v) is 14.3. The summed E-state index contributed by atoms with van der Waals surface area (Å²) in [6, 6.07) is 0. The highest BCUT2D eigenvalue weighted by atomic mass is 16.6. The van der Waals surface area contributed by atoms with Crippen molar-refractivity contribution >= 4 is 11.9 Å². The minimum atomic E-state index is -0.947. The molecule has 8 atom stereocenters. The predicted molar refractivity (Wildman–Crippen MR) is 144 cm³/mol. The van der Waals surface area contributed by atoms with Crippen LogP contribution in [0.1, 0.15) is 125 Å². The van der Waals surface area contributed by atoms with Gasteiger partial charge in [-0.3, -0.25) is 9.59 Å². The van der Waals surface area contributed by atoms with Gasteiger partial charge in [-0.25, -0.2) is 0 Å². The zero-order valence-corrected chi connectivity index (χ0v) is 23.9. The number of carbonyl (C=O) groups is 2. The Bertz CT molecular complexity index is 860. The smallest absolute Gasteiger partial charge is 0.306 e. The number of ether oxygens (including phenoxy) is 1. The summed E-state index contributed by atoms with van der Waals surface area (Å²) in [6.45, 7) is 14.5. The van der Waals surface area contributed by atoms with Crippen molar-refractivity contribution in [1.82, 2.24) is 0 Å². The molecule has 0 saturated heterocycles. The highest BCUT2D eigenvalue weighted by Gasteiger charge is 2.60. The van der Waals surface area contributed by atoms with Gasteiger partial charge in [0.05, 0.1) is 12.8 Å². The third-order valence-corrected chi connectivity index (χ3v) is 11.5. The molecule has 4 aliphatic rings. The first kappa shape index (κ1) is 27.7. The number of fused-ring (bicyclic) bond motifs is 5. The number of rotatable bonds is 9. The monoisotopic (exact) mass is 500 g/mol. The molecule has 4 nitrogen and oxygen atoms in total. The van der Waals surface area contributed by atoms with Gasteiger partial charge < -0.3 is 9.84 Å². The van der Waals surface area contributed by atoms with Gasteiger partial charge in [0.1, 0.15) is 5.60 Å². The van der Waals surface area contributed by atoms with E-state index in [1.807, 2.05) is 0 Å². The van der Waals surface area contributed by atoms with Crippen LogP contribution in [0.4, 0.5) is 0 Å². The summed E-state index contributed by atoms with van der Waals surface area (Å²) in [5.41, 5.74) is 1.73. The van der Waals surface area contributed by atoms with Gasteiger partial charge in [0.2, 0.25) is 0 Å². The lowest BCUT2D eigenvalue weighted by Gasteiger charge is -2.59. The average Bonchev–Trinajstić information content (AvgIpc) is 3.15. The first-order valence-electron chi connectivity index (χ1n) is 15.0. The Morgan fingerprint density at radius 2 is 1.75 bits per heavy atom. The Kier molecular flexibility index (Phi) is 8.04. The van der Waals surface area contributed by atoms with E-state index < -0.39 is 11.6 Å². The van der Waals surface area contributed by atoms with Crippen molar-refractivity contribution in [2.24, 2.45) is 46.3 Å². The van der Waals surface area contributed by atoms with Gasteiger partial charge in [0.15, 0.2) is 0 Å². The molecule has 0 aromatic heterocycles. The first-order chi connectivity index (χ1) is 16.9. The lowest BCUT2D eigenvalue weighted by atomic mass is 9.46. The molecule has 0 radical (unpaired) electrons. The van der Waals surface area contributed by atoms with Crippen LogP contribution in [0.5, 0.6) is 0 Å². The molecule has 0 aliphatic heterocycles. The molecule has 36 heavy (non-hydrogen) atoms. The number of esters is 1. The van der Waals surface area contributed by atoms with Gasteiger partial charge >= 0.3 is 11.9 Å². The van der Waals surface area contributed by atoms with E-state index in [4.69, 9.17) is 9.84 Å². The highest BCUT2D eigenvalue weighted by Crippen LogP contribution is 2.68. The average molecular weight is 501 g/mol. The van der Waals surface area contributed by atoms with Gasteiger partial charge in [-0.2, -0.15) is 0 Å². The first-order valence-corrected chi connectivity index (χ1v) is 15.0. The fourth-order valence-electron chi connectivity index (χ4n) is 9.44. The standard InChI is InChI=1S/C32H52O4/c1-21(2)8-7-9-22(3)25-12-13-26-24-11-10-23-20-30(4,36-29(35)15-14-28(33)34)18-19-31(23,5)27(24)16-17-32(25,26)6/h10,21-22,24-27H,7-9,11-20H2,1-6H3,(H,33,34)/t22-,24+,25-,26+,27+,30+,31+,32-/m1/s1. The molecule has 1 N–H and O–H groups in total. The zero-order valence-electron chi connectivity index (χ0n) is 23.9. The molecule has 4 rings (SSSR count). The van der Waals surface area contributed by atoms with Crippen molar-refractivity contribution in [3.05, 3.63) is 11.6 Å². The molecular weight excluding hydrogens is 448 g/mol. The minimum absolute atomic E-state index is 0.0384. The summed E-state index contributed by atoms with van der Waals surface area (Å²) in [5.74, 6) is 3.62. The van der Waals surface area contributed by atoms with E-state index in [1.165, 1.54) is 56.9 Å². The number of aliphatic carboxylic acids is 1. The molecule has 0 bridgehead atoms. The fraction of sp³-hybridized carbons (Fsp3) is 0.875. The molecule has 3 saturated carbocycles. The van der Waals surface area contributed by atoms with Crippen LogP contribution in [-0.4, -0.2) is 22.6 Å². The van der Waals surface area contributed by atoms with E-state index in [0.29, 0.717) is 5.41 Å². The van der Waals surface area contributed by atoms with Gasteiger partial charge in [-0.15, -0.1) is 0 Å². The third-order valence-electron chi connectivity index (χ3n) is 11.5. The SMILES string of the molecule is CC(C)CCC[C@@H](C)[C@H]1CC[C@H]2[C@@H]3CC=C4C[C@@](C)(OC(=O)CCC(=O)O)CC[C@]4(C)[C@H]3CC[C@]12C. The Labute approximate surface area is 220 Å². The van der Waals surface area contributed by atoms with Gasteiger partial charge in [0.25, 0.3) is 0 Å². The maximum Gasteiger partial charge on any atom is 0.306 e. The number of allylic oxidation sites excluding steroid dienone is 1. The summed E-state index contributed by atoms with van der Waals surface area (Å²) in [7, 11) is 0. The van der Waals surface area contributed by atoms with E-state index in [1.54, 1.807) is 0 Å². The number of carboxylic acid groups (broad SMARTS) is 1. The fourth-order valence-corrected chi connectivity index (χ4v) is 9.44. The summed E-state index contributed by atoms with van der Waals surface area (Å²) >= 11 is 0. The number of hydrogen-bond acceptors (Lipinski definition) is 3. The second kappa shape index (κ2) is 10.4. The van der Waals surface area contributed by atoms with Crippen LogP contribution in [0.15, 0.2) is 11.6 Å². The van der Waals surface area contributed by atoms with Crippen LogP contribution in [0.3, 0.4) is 0 Å². The molecule has 0 heterocycles. The Hall–Kier alpha value is -1.32. The second-order valence-electron chi connectivity index (χ2n) is 14.3. The van der Waals surface area contributed by atoms with E-state index >= 15 is 0 Å². The lowest BCUT2D eigenvalue weighted by molar-refractivity contribution is -0.164. The van der Waals surface area contributed by atoms with Crippen LogP contribution in [0.2, 0.25) is 0 Å². The molecule has 0 amide bonds. The number of carboxylic acids is 1. The largest absolute Gasteiger partial charge is 0.481 e. The van der Waals surface area contributed by atoms with Gasteiger partial charge in [0, 0.05) is 6.42 Å². The molecule has 204 valence electrons. The molecule has 0 aromatic carbocycles. The van der Waals surface area contributed by atoms with E-state index in [0.717, 1.165) is 54.8 Å². The maximum absolute atomic E-state index is 12.3. The van der Waals surface area contributed by atoms with Crippen molar-refractivity contribution in [1.29, 1.82) is 0 Å². The van der Waals surface area contributed by atoms with Gasteiger partial charge in [-0.1, -0.05) is 65.5 Å². The Balaban J connectivity index is 1.44. The van der Waals surface area contributed by atoms with Crippen LogP contribution in [0, 0.1) is 46.3 Å². The molecular formula is C32H52O4. The summed E-state index contributed by atoms with van der Waals surface area (Å²) in [5, 5.41) is 8.90. The summed E-state index contributed by atoms with van der Waals surface area (Å²) < 4.78 is 5.89. The van der Waals surface area contributed by atoms with Crippen molar-refractivity contribution < 1.29 is 19.4 Å². The van der Waals surface area contributed by atoms with Crippen molar-refractivity contribution in [2.75, 3.05) is 0 Å². The van der Waals surface area contributed by atoms with Crippen LogP contribution in [-0.2, 0) is 14.3 Å². The maximum atomic E-state index is 12.3. The van der Waals surface area contributed by atoms with Crippen LogP contribution >= 0.6 is 0 Å². The van der Waals surface area contributed by atoms with Crippen molar-refractivity contribution in [3.63, 3.8) is 0 Å². The summed E-state index contributed by atoms with van der Waals surface area (Å²) in [4.78, 5) is 23.2. The third kappa shape index (κ3) is 5.30. The highest BCUT2D eigenvalue weighted by molar-refractivity contribution is 5.76. The lowest BCUT2D eigenvalue weighted by Crippen LogP contribution is -2.52. The summed E-state index contributed by atoms with van der Waals surface area (Å²) in [6.07, 6.45) is 16.0. The van der Waals surface area contributed by atoms with E-state index in [9.17, 15) is 9.59 Å². The topological polar surface area (TPSA) is 63.6 Å². The number of hydrogen-bond donors (Lipinski definition) is 1. The Morgan fingerprint density at radius 1 is 1.00 bits per heavy atom. The quantitative estimate of drug-likeness (QED) is 0.256. The predicted octanol–water partition coefficient (Wildman–Crippen LogP) is 8.19. The van der Waals surface area contributed by atoms with Gasteiger partial charge in [-0.05, 0) is 98.2 Å². The normalized spacial score (nSPS) is 40.6. The van der Waals surface area contributed by atoms with Crippen LogP contribution in [0.25, 0.3) is 0 Å². The molecule has 4 aliphatic carbocycles. The van der Waals surface area contributed by atoms with Crippen LogP contribution < -0.4 is 0 Å². The van der Waals surface area contributed by atoms with E-state index in [-0.39, 0.29) is 24.2 Å². The van der Waals surface area contributed by atoms with Crippen molar-refractivity contribution in [3.8, 4) is 0 Å². The molecule has 4 heteroatoms. The molecule has 0 spiro atoms. The number of carbonyl (C=O) groups excluding carboxylic acids is 1. The molecule has 0 aromatic rings. The molecule has 0 unspecified atom stereocenters. The minimum Gasteiger partial charge on any atom is -0.481 e. The zero-order chi connectivity index (χ0) is 26.3.